The second-order valence-corrected chi connectivity index (χ2v) is 6.05. The average Bonchev–Trinajstić information content (AvgIpc) is 2.87. The summed E-state index contributed by atoms with van der Waals surface area (Å²) in [6, 6.07) is 0. The van der Waals surface area contributed by atoms with Gasteiger partial charge in [-0.15, -0.1) is 0 Å². The number of carbonyl (C=O) groups is 4. The standard InChI is InChI=1S/C14H16O4/c1-11(2)10-4-5-12(3,6-15)13(7-16,8-17)14(10,11)9-18/h4-10H,1-3H3. The fraction of sp³-hybridized carbons (Fsp3) is 0.571. The van der Waals surface area contributed by atoms with E-state index < -0.39 is 21.7 Å². The zero-order valence-corrected chi connectivity index (χ0v) is 10.7. The summed E-state index contributed by atoms with van der Waals surface area (Å²) in [4.78, 5) is 46.2. The van der Waals surface area contributed by atoms with Gasteiger partial charge in [0.25, 0.3) is 0 Å². The number of hydrogen-bond acceptors (Lipinski definition) is 4. The topological polar surface area (TPSA) is 68.3 Å². The minimum atomic E-state index is -1.60. The Morgan fingerprint density at radius 1 is 0.889 bits per heavy atom. The predicted molar refractivity (Wildman–Crippen MR) is 63.6 cm³/mol. The lowest BCUT2D eigenvalue weighted by atomic mass is 9.54. The molecule has 1 fully saturated rings. The minimum absolute atomic E-state index is 0.175. The first-order valence-electron chi connectivity index (χ1n) is 5.88. The van der Waals surface area contributed by atoms with Gasteiger partial charge in [-0.3, -0.25) is 0 Å². The van der Waals surface area contributed by atoms with E-state index in [9.17, 15) is 19.2 Å². The van der Waals surface area contributed by atoms with Gasteiger partial charge in [-0.25, -0.2) is 0 Å². The summed E-state index contributed by atoms with van der Waals surface area (Å²) in [7, 11) is 0. The summed E-state index contributed by atoms with van der Waals surface area (Å²) < 4.78 is 0. The van der Waals surface area contributed by atoms with Crippen LogP contribution in [0.3, 0.4) is 0 Å². The Balaban J connectivity index is 2.79. The van der Waals surface area contributed by atoms with Crippen LogP contribution in [0.1, 0.15) is 20.8 Å². The van der Waals surface area contributed by atoms with E-state index in [-0.39, 0.29) is 5.92 Å². The van der Waals surface area contributed by atoms with E-state index in [4.69, 9.17) is 0 Å². The number of carbonyl (C=O) groups excluding carboxylic acids is 4. The molecule has 1 saturated carbocycles. The maximum atomic E-state index is 11.6. The molecule has 3 atom stereocenters. The van der Waals surface area contributed by atoms with E-state index in [2.05, 4.69) is 0 Å². The summed E-state index contributed by atoms with van der Waals surface area (Å²) in [6.07, 6.45) is 5.61. The zero-order chi connectivity index (χ0) is 13.8. The van der Waals surface area contributed by atoms with Crippen molar-refractivity contribution in [2.24, 2.45) is 27.6 Å². The normalized spacial score (nSPS) is 42.5. The Labute approximate surface area is 105 Å². The molecule has 18 heavy (non-hydrogen) atoms. The quantitative estimate of drug-likeness (QED) is 0.422. The van der Waals surface area contributed by atoms with Crippen molar-refractivity contribution in [2.75, 3.05) is 0 Å². The molecule has 0 aromatic heterocycles. The number of allylic oxidation sites excluding steroid dienone is 2. The van der Waals surface area contributed by atoms with Crippen LogP contribution in [0.15, 0.2) is 12.2 Å². The molecule has 4 nitrogen and oxygen atoms in total. The van der Waals surface area contributed by atoms with E-state index in [1.54, 1.807) is 12.2 Å². The lowest BCUT2D eigenvalue weighted by Crippen LogP contribution is -2.53. The van der Waals surface area contributed by atoms with Crippen LogP contribution in [0.4, 0.5) is 0 Å². The molecule has 0 aliphatic heterocycles. The SMILES string of the molecule is CC1(C=O)C=CC2C(C)(C)C2(C=O)C1(C=O)C=O. The monoisotopic (exact) mass is 248 g/mol. The molecule has 2 aliphatic carbocycles. The van der Waals surface area contributed by atoms with Crippen LogP contribution >= 0.6 is 0 Å². The highest BCUT2D eigenvalue weighted by molar-refractivity contribution is 5.99. The van der Waals surface area contributed by atoms with Crippen molar-refractivity contribution >= 4 is 25.1 Å². The first kappa shape index (κ1) is 12.9. The Kier molecular flexibility index (Phi) is 2.32. The molecule has 3 unspecified atom stereocenters. The van der Waals surface area contributed by atoms with Crippen molar-refractivity contribution in [3.63, 3.8) is 0 Å². The summed E-state index contributed by atoms with van der Waals surface area (Å²) in [6.45, 7) is 5.21. The molecular formula is C14H16O4. The summed E-state index contributed by atoms with van der Waals surface area (Å²) in [5.41, 5.74) is -4.46. The highest BCUT2D eigenvalue weighted by Gasteiger charge is 2.83. The van der Waals surface area contributed by atoms with Gasteiger partial charge in [0.05, 0.1) is 10.8 Å². The van der Waals surface area contributed by atoms with Crippen LogP contribution in [0.25, 0.3) is 0 Å². The highest BCUT2D eigenvalue weighted by Crippen LogP contribution is 2.79. The van der Waals surface area contributed by atoms with Crippen LogP contribution < -0.4 is 0 Å². The van der Waals surface area contributed by atoms with E-state index >= 15 is 0 Å². The highest BCUT2D eigenvalue weighted by atomic mass is 16.1. The van der Waals surface area contributed by atoms with Crippen LogP contribution in [0.5, 0.6) is 0 Å². The largest absolute Gasteiger partial charge is 0.303 e. The van der Waals surface area contributed by atoms with Crippen molar-refractivity contribution < 1.29 is 19.2 Å². The van der Waals surface area contributed by atoms with Gasteiger partial charge in [-0.2, -0.15) is 0 Å². The van der Waals surface area contributed by atoms with Crippen molar-refractivity contribution in [3.8, 4) is 0 Å². The van der Waals surface area contributed by atoms with Gasteiger partial charge >= 0.3 is 0 Å². The molecule has 0 aromatic carbocycles. The lowest BCUT2D eigenvalue weighted by molar-refractivity contribution is -0.150. The molecule has 2 rings (SSSR count). The van der Waals surface area contributed by atoms with E-state index in [0.717, 1.165) is 0 Å². The summed E-state index contributed by atoms with van der Waals surface area (Å²) >= 11 is 0. The van der Waals surface area contributed by atoms with Crippen LogP contribution in [0, 0.1) is 27.6 Å². The molecule has 0 spiro atoms. The molecule has 0 aromatic rings. The van der Waals surface area contributed by atoms with Crippen LogP contribution in [0.2, 0.25) is 0 Å². The molecule has 0 amide bonds. The third kappa shape index (κ3) is 0.910. The van der Waals surface area contributed by atoms with Gasteiger partial charge in [-0.05, 0) is 18.3 Å². The van der Waals surface area contributed by atoms with Crippen molar-refractivity contribution in [2.45, 2.75) is 20.8 Å². The maximum Gasteiger partial charge on any atom is 0.135 e. The molecule has 0 bridgehead atoms. The molecule has 0 saturated heterocycles. The second-order valence-electron chi connectivity index (χ2n) is 6.05. The predicted octanol–water partition coefficient (Wildman–Crippen LogP) is 0.987. The molecular weight excluding hydrogens is 232 g/mol. The minimum Gasteiger partial charge on any atom is -0.303 e. The van der Waals surface area contributed by atoms with Gasteiger partial charge in [0.15, 0.2) is 0 Å². The van der Waals surface area contributed by atoms with E-state index in [1.165, 1.54) is 6.92 Å². The zero-order valence-electron chi connectivity index (χ0n) is 10.7. The summed E-state index contributed by atoms with van der Waals surface area (Å²) in [5.74, 6) is -0.175. The third-order valence-electron chi connectivity index (χ3n) is 5.26. The van der Waals surface area contributed by atoms with Gasteiger partial charge in [0.1, 0.15) is 30.6 Å². The lowest BCUT2D eigenvalue weighted by Gasteiger charge is -2.43. The van der Waals surface area contributed by atoms with Gasteiger partial charge in [0.2, 0.25) is 0 Å². The van der Waals surface area contributed by atoms with Gasteiger partial charge in [0, 0.05) is 0 Å². The van der Waals surface area contributed by atoms with E-state index in [0.29, 0.717) is 25.1 Å². The first-order chi connectivity index (χ1) is 8.33. The smallest absolute Gasteiger partial charge is 0.135 e. The average molecular weight is 248 g/mol. The van der Waals surface area contributed by atoms with Gasteiger partial charge < -0.3 is 19.2 Å². The third-order valence-corrected chi connectivity index (χ3v) is 5.26. The van der Waals surface area contributed by atoms with Crippen molar-refractivity contribution in [1.29, 1.82) is 0 Å². The Bertz CT molecular complexity index is 468. The molecule has 96 valence electrons. The first-order valence-corrected chi connectivity index (χ1v) is 5.88. The number of aldehydes is 4. The molecule has 4 heteroatoms. The number of rotatable bonds is 4. The molecule has 0 N–H and O–H groups in total. The van der Waals surface area contributed by atoms with E-state index in [1.807, 2.05) is 13.8 Å². The Morgan fingerprint density at radius 3 is 1.83 bits per heavy atom. The fourth-order valence-corrected chi connectivity index (χ4v) is 3.84. The molecule has 2 aliphatic rings. The molecule has 0 radical (unpaired) electrons. The van der Waals surface area contributed by atoms with Crippen molar-refractivity contribution in [1.82, 2.24) is 0 Å². The second kappa shape index (κ2) is 3.25. The number of fused-ring (bicyclic) bond motifs is 1. The van der Waals surface area contributed by atoms with Gasteiger partial charge in [-0.1, -0.05) is 26.0 Å². The Hall–Kier alpha value is -1.58. The maximum absolute atomic E-state index is 11.6. The molecule has 0 heterocycles. The fourth-order valence-electron chi connectivity index (χ4n) is 3.84. The Morgan fingerprint density at radius 2 is 1.44 bits per heavy atom. The van der Waals surface area contributed by atoms with Crippen molar-refractivity contribution in [3.05, 3.63) is 12.2 Å². The van der Waals surface area contributed by atoms with Crippen LogP contribution in [-0.2, 0) is 19.2 Å². The number of hydrogen-bond donors (Lipinski definition) is 0. The van der Waals surface area contributed by atoms with Crippen LogP contribution in [-0.4, -0.2) is 25.1 Å². The summed E-state index contributed by atoms with van der Waals surface area (Å²) in [5, 5.41) is 0.